The molecule has 23 heavy (non-hydrogen) atoms. The molecule has 1 fully saturated rings. The number of carbonyl (C=O) groups excluding carboxylic acids is 1. The minimum Gasteiger partial charge on any atom is -0.508 e. The second-order valence-corrected chi connectivity index (χ2v) is 5.94. The van der Waals surface area contributed by atoms with Crippen molar-refractivity contribution < 1.29 is 24.9 Å². The molecule has 3 N–H and O–H groups in total. The summed E-state index contributed by atoms with van der Waals surface area (Å²) in [5.41, 5.74) is -0.158. The molecule has 1 heterocycles. The Bertz CT molecular complexity index is 727. The summed E-state index contributed by atoms with van der Waals surface area (Å²) in [6, 6.07) is 13.2. The van der Waals surface area contributed by atoms with Crippen LogP contribution in [0.15, 0.2) is 48.5 Å². The third-order valence-electron chi connectivity index (χ3n) is 4.22. The number of esters is 1. The average Bonchev–Trinajstić information content (AvgIpc) is 2.75. The van der Waals surface area contributed by atoms with Crippen LogP contribution in [0.4, 0.5) is 0 Å². The van der Waals surface area contributed by atoms with E-state index in [1.54, 1.807) is 30.3 Å². The topological polar surface area (TPSA) is 87.0 Å². The second kappa shape index (κ2) is 5.93. The van der Waals surface area contributed by atoms with Crippen LogP contribution in [0.5, 0.6) is 11.5 Å². The van der Waals surface area contributed by atoms with Gasteiger partial charge in [-0.1, -0.05) is 24.3 Å². The fraction of sp³-hybridized carbons (Fsp3) is 0.278. The Kier molecular flexibility index (Phi) is 3.96. The quantitative estimate of drug-likeness (QED) is 0.749. The molecule has 5 nitrogen and oxygen atoms in total. The van der Waals surface area contributed by atoms with Crippen LogP contribution < -0.4 is 0 Å². The highest BCUT2D eigenvalue weighted by Crippen LogP contribution is 2.34. The third-order valence-corrected chi connectivity index (χ3v) is 4.22. The molecule has 0 aromatic heterocycles. The minimum atomic E-state index is -1.64. The molecule has 5 heteroatoms. The fourth-order valence-electron chi connectivity index (χ4n) is 3.00. The normalized spacial score (nSPS) is 23.7. The molecule has 1 saturated heterocycles. The van der Waals surface area contributed by atoms with E-state index in [4.69, 9.17) is 4.74 Å². The van der Waals surface area contributed by atoms with E-state index in [1.165, 1.54) is 12.1 Å². The second-order valence-electron chi connectivity index (χ2n) is 5.94. The number of aliphatic hydroxyl groups is 1. The lowest BCUT2D eigenvalue weighted by molar-refractivity contribution is -0.154. The molecule has 0 bridgehead atoms. The number of cyclic esters (lactones) is 1. The number of hydrogen-bond acceptors (Lipinski definition) is 5. The summed E-state index contributed by atoms with van der Waals surface area (Å²) < 4.78 is 5.07. The third kappa shape index (κ3) is 3.14. The lowest BCUT2D eigenvalue weighted by Crippen LogP contribution is -2.44. The van der Waals surface area contributed by atoms with Crippen LogP contribution >= 0.6 is 0 Å². The van der Waals surface area contributed by atoms with Crippen molar-refractivity contribution in [2.45, 2.75) is 18.4 Å². The molecule has 0 saturated carbocycles. The van der Waals surface area contributed by atoms with Crippen LogP contribution in [0, 0.1) is 5.92 Å². The molecule has 1 aliphatic heterocycles. The molecule has 3 rings (SSSR count). The van der Waals surface area contributed by atoms with Gasteiger partial charge in [0.25, 0.3) is 0 Å². The molecule has 0 unspecified atom stereocenters. The Morgan fingerprint density at radius 2 is 1.65 bits per heavy atom. The molecule has 1 aliphatic rings. The van der Waals surface area contributed by atoms with E-state index < -0.39 is 17.5 Å². The van der Waals surface area contributed by atoms with E-state index >= 15 is 0 Å². The van der Waals surface area contributed by atoms with Gasteiger partial charge in [-0.25, -0.2) is 4.79 Å². The predicted molar refractivity (Wildman–Crippen MR) is 83.0 cm³/mol. The predicted octanol–water partition coefficient (Wildman–Crippen LogP) is 1.79. The van der Waals surface area contributed by atoms with E-state index in [1.807, 2.05) is 6.07 Å². The van der Waals surface area contributed by atoms with Crippen molar-refractivity contribution >= 4 is 5.97 Å². The van der Waals surface area contributed by atoms with E-state index in [-0.39, 0.29) is 24.5 Å². The summed E-state index contributed by atoms with van der Waals surface area (Å²) in [6.45, 7) is 0.129. The first-order valence-corrected chi connectivity index (χ1v) is 7.43. The highest BCUT2D eigenvalue weighted by molar-refractivity contribution is 5.82. The smallest absolute Gasteiger partial charge is 0.338 e. The molecular formula is C18H18O5. The van der Waals surface area contributed by atoms with Gasteiger partial charge in [-0.3, -0.25) is 0 Å². The molecule has 2 aromatic rings. The number of benzene rings is 2. The average molecular weight is 314 g/mol. The Morgan fingerprint density at radius 3 is 2.30 bits per heavy atom. The summed E-state index contributed by atoms with van der Waals surface area (Å²) >= 11 is 0. The van der Waals surface area contributed by atoms with E-state index in [2.05, 4.69) is 0 Å². The monoisotopic (exact) mass is 314 g/mol. The van der Waals surface area contributed by atoms with Crippen molar-refractivity contribution in [2.75, 3.05) is 6.61 Å². The van der Waals surface area contributed by atoms with Crippen molar-refractivity contribution in [1.82, 2.24) is 0 Å². The largest absolute Gasteiger partial charge is 0.508 e. The maximum Gasteiger partial charge on any atom is 0.338 e. The Balaban J connectivity index is 1.83. The number of phenols is 2. The maximum absolute atomic E-state index is 12.1. The van der Waals surface area contributed by atoms with E-state index in [0.717, 1.165) is 5.56 Å². The first-order chi connectivity index (χ1) is 11.0. The molecule has 2 aromatic carbocycles. The summed E-state index contributed by atoms with van der Waals surface area (Å²) in [5.74, 6) is -0.837. The summed E-state index contributed by atoms with van der Waals surface area (Å²) in [5, 5.41) is 30.0. The number of rotatable bonds is 4. The number of hydrogen-bond donors (Lipinski definition) is 3. The van der Waals surface area contributed by atoms with Gasteiger partial charge in [-0.2, -0.15) is 0 Å². The number of phenolic OH excluding ortho intramolecular Hbond substituents is 2. The van der Waals surface area contributed by atoms with Gasteiger partial charge in [-0.15, -0.1) is 0 Å². The van der Waals surface area contributed by atoms with Crippen LogP contribution in [-0.2, 0) is 22.4 Å². The molecule has 0 spiro atoms. The van der Waals surface area contributed by atoms with Gasteiger partial charge in [0.2, 0.25) is 0 Å². The molecule has 0 aliphatic carbocycles. The van der Waals surface area contributed by atoms with Crippen LogP contribution in [0.2, 0.25) is 0 Å². The maximum atomic E-state index is 12.1. The van der Waals surface area contributed by atoms with Gasteiger partial charge >= 0.3 is 5.97 Å². The van der Waals surface area contributed by atoms with Gasteiger partial charge in [0.1, 0.15) is 11.5 Å². The van der Waals surface area contributed by atoms with E-state index in [0.29, 0.717) is 12.0 Å². The highest BCUT2D eigenvalue weighted by atomic mass is 16.6. The van der Waals surface area contributed by atoms with Crippen LogP contribution in [0.25, 0.3) is 0 Å². The lowest BCUT2D eigenvalue weighted by atomic mass is 9.81. The lowest BCUT2D eigenvalue weighted by Gasteiger charge is -2.25. The first-order valence-electron chi connectivity index (χ1n) is 7.43. The Labute approximate surface area is 133 Å². The van der Waals surface area contributed by atoms with Crippen LogP contribution in [-0.4, -0.2) is 33.5 Å². The van der Waals surface area contributed by atoms with Gasteiger partial charge in [0.15, 0.2) is 5.60 Å². The standard InChI is InChI=1S/C18H18O5/c19-15-5-1-3-12(8-15)7-14-11-23-17(21)18(14,22)10-13-4-2-6-16(20)9-13/h1-6,8-9,14,19-20,22H,7,10-11H2/t14-,18-/m1/s1. The van der Waals surface area contributed by atoms with Crippen LogP contribution in [0.3, 0.4) is 0 Å². The number of ether oxygens (including phenoxy) is 1. The number of carbonyl (C=O) groups is 1. The van der Waals surface area contributed by atoms with Gasteiger partial charge in [-0.05, 0) is 41.8 Å². The molecule has 120 valence electrons. The summed E-state index contributed by atoms with van der Waals surface area (Å²) in [6.07, 6.45) is 0.485. The van der Waals surface area contributed by atoms with Crippen molar-refractivity contribution in [1.29, 1.82) is 0 Å². The first kappa shape index (κ1) is 15.4. The minimum absolute atomic E-state index is 0.0731. The zero-order valence-electron chi connectivity index (χ0n) is 12.5. The number of aromatic hydroxyl groups is 2. The molecule has 0 amide bonds. The molecule has 2 atom stereocenters. The summed E-state index contributed by atoms with van der Waals surface area (Å²) in [7, 11) is 0. The highest BCUT2D eigenvalue weighted by Gasteiger charge is 2.50. The fourth-order valence-corrected chi connectivity index (χ4v) is 3.00. The zero-order valence-corrected chi connectivity index (χ0v) is 12.5. The Morgan fingerprint density at radius 1 is 1.04 bits per heavy atom. The van der Waals surface area contributed by atoms with Crippen molar-refractivity contribution in [3.63, 3.8) is 0 Å². The van der Waals surface area contributed by atoms with E-state index in [9.17, 15) is 20.1 Å². The summed E-state index contributed by atoms with van der Waals surface area (Å²) in [4.78, 5) is 12.1. The van der Waals surface area contributed by atoms with Gasteiger partial charge in [0, 0.05) is 12.3 Å². The van der Waals surface area contributed by atoms with Crippen molar-refractivity contribution in [3.05, 3.63) is 59.7 Å². The zero-order chi connectivity index (χ0) is 16.4. The van der Waals surface area contributed by atoms with Gasteiger partial charge < -0.3 is 20.1 Å². The molecule has 0 radical (unpaired) electrons. The Hall–Kier alpha value is -2.53. The van der Waals surface area contributed by atoms with Crippen molar-refractivity contribution in [2.24, 2.45) is 5.92 Å². The van der Waals surface area contributed by atoms with Gasteiger partial charge in [0.05, 0.1) is 6.61 Å². The van der Waals surface area contributed by atoms with Crippen LogP contribution in [0.1, 0.15) is 11.1 Å². The molecular weight excluding hydrogens is 296 g/mol. The SMILES string of the molecule is O=C1OC[C@@H](Cc2cccc(O)c2)[C@]1(O)Cc1cccc(O)c1. The van der Waals surface area contributed by atoms with Crippen molar-refractivity contribution in [3.8, 4) is 11.5 Å².